The third kappa shape index (κ3) is 2.75. The number of rotatable bonds is 3. The molecule has 0 spiro atoms. The van der Waals surface area contributed by atoms with Crippen molar-refractivity contribution in [2.24, 2.45) is 0 Å². The van der Waals surface area contributed by atoms with Crippen LogP contribution in [0.5, 0.6) is 0 Å². The lowest BCUT2D eigenvalue weighted by molar-refractivity contribution is -0.130. The number of alkyl halides is 1. The average Bonchev–Trinajstić information content (AvgIpc) is 2.56. The van der Waals surface area contributed by atoms with Crippen LogP contribution in [0.3, 0.4) is 0 Å². The van der Waals surface area contributed by atoms with Gasteiger partial charge < -0.3 is 9.84 Å². The first-order valence-electron chi connectivity index (χ1n) is 7.47. The highest BCUT2D eigenvalue weighted by atomic mass is 19.1. The fourth-order valence-electron chi connectivity index (χ4n) is 3.12. The summed E-state index contributed by atoms with van der Waals surface area (Å²) in [6, 6.07) is 10.1. The fourth-order valence-corrected chi connectivity index (χ4v) is 3.12. The second-order valence-electron chi connectivity index (χ2n) is 5.80. The van der Waals surface area contributed by atoms with E-state index in [2.05, 4.69) is 0 Å². The van der Waals surface area contributed by atoms with E-state index in [1.165, 1.54) is 48.5 Å². The monoisotopic (exact) mass is 322 g/mol. The molecule has 1 saturated heterocycles. The summed E-state index contributed by atoms with van der Waals surface area (Å²) in [5.41, 5.74) is -3.52. The van der Waals surface area contributed by atoms with Crippen molar-refractivity contribution in [1.82, 2.24) is 0 Å². The number of benzene rings is 2. The molecule has 2 aromatic carbocycles. The van der Waals surface area contributed by atoms with Crippen LogP contribution in [0.15, 0.2) is 48.5 Å². The number of aliphatic hydroxyl groups is 1. The molecule has 2 nitrogen and oxygen atoms in total. The molecule has 2 aromatic rings. The standard InChI is InChI=1S/C18H17F3O2/c19-15-5-1-13(2-6-15)18(22,14-3-7-16(20)8-4-14)17(21)9-11-23-12-10-17/h1-8,22H,9-12H2. The summed E-state index contributed by atoms with van der Waals surface area (Å²) in [5, 5.41) is 11.3. The van der Waals surface area contributed by atoms with E-state index in [0.717, 1.165) is 0 Å². The molecule has 1 fully saturated rings. The second kappa shape index (κ2) is 5.98. The normalized spacial score (nSPS) is 17.9. The van der Waals surface area contributed by atoms with E-state index in [9.17, 15) is 13.9 Å². The van der Waals surface area contributed by atoms with Gasteiger partial charge in [0.25, 0.3) is 0 Å². The molecule has 1 N–H and O–H groups in total. The summed E-state index contributed by atoms with van der Waals surface area (Å²) in [6.45, 7) is 0.363. The van der Waals surface area contributed by atoms with Crippen molar-refractivity contribution in [2.45, 2.75) is 24.1 Å². The average molecular weight is 322 g/mol. The highest BCUT2D eigenvalue weighted by Gasteiger charge is 2.54. The maximum atomic E-state index is 15.7. The smallest absolute Gasteiger partial charge is 0.152 e. The molecule has 0 atom stereocenters. The molecule has 0 amide bonds. The molecule has 0 bridgehead atoms. The highest BCUT2D eigenvalue weighted by Crippen LogP contribution is 2.47. The van der Waals surface area contributed by atoms with Crippen molar-refractivity contribution in [3.63, 3.8) is 0 Å². The van der Waals surface area contributed by atoms with E-state index in [4.69, 9.17) is 4.74 Å². The Morgan fingerprint density at radius 3 is 1.61 bits per heavy atom. The number of ether oxygens (including phenoxy) is 1. The van der Waals surface area contributed by atoms with Gasteiger partial charge in [-0.15, -0.1) is 0 Å². The minimum absolute atomic E-state index is 0.00173. The van der Waals surface area contributed by atoms with Gasteiger partial charge in [0.05, 0.1) is 0 Å². The van der Waals surface area contributed by atoms with Crippen LogP contribution < -0.4 is 0 Å². The molecule has 0 radical (unpaired) electrons. The van der Waals surface area contributed by atoms with Gasteiger partial charge >= 0.3 is 0 Å². The Morgan fingerprint density at radius 2 is 1.22 bits per heavy atom. The molecule has 1 aliphatic heterocycles. The molecule has 0 saturated carbocycles. The molecule has 1 aliphatic rings. The molecule has 5 heteroatoms. The Labute approximate surface area is 132 Å². The predicted octanol–water partition coefficient (Wildman–Crippen LogP) is 3.72. The Kier molecular flexibility index (Phi) is 4.17. The maximum Gasteiger partial charge on any atom is 0.152 e. The van der Waals surface area contributed by atoms with E-state index in [-0.39, 0.29) is 37.2 Å². The van der Waals surface area contributed by atoms with Gasteiger partial charge in [-0.2, -0.15) is 0 Å². The first kappa shape index (κ1) is 16.0. The van der Waals surface area contributed by atoms with Crippen LogP contribution in [0.2, 0.25) is 0 Å². The van der Waals surface area contributed by atoms with Gasteiger partial charge in [0.15, 0.2) is 5.67 Å². The Balaban J connectivity index is 2.15. The zero-order chi connectivity index (χ0) is 16.5. The van der Waals surface area contributed by atoms with Gasteiger partial charge in [-0.3, -0.25) is 0 Å². The van der Waals surface area contributed by atoms with Crippen LogP contribution in [0, 0.1) is 11.6 Å². The van der Waals surface area contributed by atoms with Crippen LogP contribution in [0.1, 0.15) is 24.0 Å². The van der Waals surface area contributed by atoms with E-state index in [1.807, 2.05) is 0 Å². The minimum Gasteiger partial charge on any atom is -0.381 e. The van der Waals surface area contributed by atoms with Gasteiger partial charge in [-0.05, 0) is 35.4 Å². The molecular weight excluding hydrogens is 305 g/mol. The summed E-state index contributed by atoms with van der Waals surface area (Å²) >= 11 is 0. The van der Waals surface area contributed by atoms with Crippen molar-refractivity contribution in [3.05, 3.63) is 71.3 Å². The molecule has 122 valence electrons. The van der Waals surface area contributed by atoms with Gasteiger partial charge in [-0.25, -0.2) is 13.2 Å². The van der Waals surface area contributed by atoms with E-state index < -0.39 is 22.9 Å². The third-order valence-electron chi connectivity index (χ3n) is 4.46. The second-order valence-corrected chi connectivity index (χ2v) is 5.80. The molecule has 23 heavy (non-hydrogen) atoms. The lowest BCUT2D eigenvalue weighted by Gasteiger charge is -2.44. The minimum atomic E-state index is -2.00. The van der Waals surface area contributed by atoms with Crippen molar-refractivity contribution in [2.75, 3.05) is 13.2 Å². The van der Waals surface area contributed by atoms with Crippen LogP contribution in [-0.2, 0) is 10.3 Å². The summed E-state index contributed by atoms with van der Waals surface area (Å²) in [4.78, 5) is 0. The summed E-state index contributed by atoms with van der Waals surface area (Å²) < 4.78 is 47.3. The summed E-state index contributed by atoms with van der Waals surface area (Å²) in [6.07, 6.45) is -0.00347. The van der Waals surface area contributed by atoms with Gasteiger partial charge in [0.2, 0.25) is 0 Å². The van der Waals surface area contributed by atoms with E-state index >= 15 is 4.39 Å². The maximum absolute atomic E-state index is 15.7. The van der Waals surface area contributed by atoms with Gasteiger partial charge in [-0.1, -0.05) is 24.3 Å². The van der Waals surface area contributed by atoms with Crippen LogP contribution in [0.25, 0.3) is 0 Å². The SMILES string of the molecule is OC(c1ccc(F)cc1)(c1ccc(F)cc1)C1(F)CCOCC1. The first-order valence-corrected chi connectivity index (χ1v) is 7.47. The zero-order valence-corrected chi connectivity index (χ0v) is 12.4. The lowest BCUT2D eigenvalue weighted by Crippen LogP contribution is -2.52. The third-order valence-corrected chi connectivity index (χ3v) is 4.46. The van der Waals surface area contributed by atoms with E-state index in [0.29, 0.717) is 0 Å². The molecular formula is C18H17F3O2. The van der Waals surface area contributed by atoms with Crippen molar-refractivity contribution >= 4 is 0 Å². The quantitative estimate of drug-likeness (QED) is 0.933. The van der Waals surface area contributed by atoms with Crippen molar-refractivity contribution in [3.8, 4) is 0 Å². The Morgan fingerprint density at radius 1 is 0.826 bits per heavy atom. The largest absolute Gasteiger partial charge is 0.381 e. The fraction of sp³-hybridized carbons (Fsp3) is 0.333. The Hall–Kier alpha value is -1.85. The lowest BCUT2D eigenvalue weighted by atomic mass is 9.70. The van der Waals surface area contributed by atoms with Crippen molar-refractivity contribution < 1.29 is 23.0 Å². The Bertz CT molecular complexity index is 616. The van der Waals surface area contributed by atoms with Crippen LogP contribution in [0.4, 0.5) is 13.2 Å². The topological polar surface area (TPSA) is 29.5 Å². The highest BCUT2D eigenvalue weighted by molar-refractivity contribution is 5.40. The number of halogens is 3. The summed E-state index contributed by atoms with van der Waals surface area (Å²) in [5.74, 6) is -0.954. The molecule has 0 unspecified atom stereocenters. The summed E-state index contributed by atoms with van der Waals surface area (Å²) in [7, 11) is 0. The predicted molar refractivity (Wildman–Crippen MR) is 79.7 cm³/mol. The first-order chi connectivity index (χ1) is 11.0. The zero-order valence-electron chi connectivity index (χ0n) is 12.4. The molecule has 0 aromatic heterocycles. The van der Waals surface area contributed by atoms with Gasteiger partial charge in [0.1, 0.15) is 17.2 Å². The molecule has 3 rings (SSSR count). The molecule has 0 aliphatic carbocycles. The van der Waals surface area contributed by atoms with Gasteiger partial charge in [0, 0.05) is 26.1 Å². The molecule has 1 heterocycles. The van der Waals surface area contributed by atoms with Crippen molar-refractivity contribution in [1.29, 1.82) is 0 Å². The number of hydrogen-bond acceptors (Lipinski definition) is 2. The van der Waals surface area contributed by atoms with Crippen LogP contribution in [-0.4, -0.2) is 24.0 Å². The van der Waals surface area contributed by atoms with E-state index in [1.54, 1.807) is 0 Å². The number of hydrogen-bond donors (Lipinski definition) is 1. The van der Waals surface area contributed by atoms with Crippen LogP contribution >= 0.6 is 0 Å².